The highest BCUT2D eigenvalue weighted by atomic mass is 32.1. The molecule has 2 aromatic heterocycles. The van der Waals surface area contributed by atoms with Crippen molar-refractivity contribution in [1.29, 1.82) is 0 Å². The maximum absolute atomic E-state index is 5.13. The Bertz CT molecular complexity index is 2880. The van der Waals surface area contributed by atoms with Crippen LogP contribution >= 0.6 is 11.3 Å². The molecule has 0 atom stereocenters. The number of benzene rings is 8. The molecule has 0 aliphatic heterocycles. The molecule has 0 fully saturated rings. The van der Waals surface area contributed by atoms with Gasteiger partial charge in [0, 0.05) is 15.8 Å². The van der Waals surface area contributed by atoms with Crippen LogP contribution in [0.3, 0.4) is 0 Å². The van der Waals surface area contributed by atoms with Crippen LogP contribution in [0.15, 0.2) is 212 Å². The van der Waals surface area contributed by atoms with Gasteiger partial charge in [-0.1, -0.05) is 182 Å². The molecule has 0 saturated carbocycles. The molecule has 2 heterocycles. The second kappa shape index (κ2) is 15.1. The quantitative estimate of drug-likeness (QED) is 0.155. The average molecular weight is 746 g/mol. The lowest BCUT2D eigenvalue weighted by molar-refractivity contribution is 1.08. The highest BCUT2D eigenvalue weighted by Crippen LogP contribution is 2.43. The molecule has 3 nitrogen and oxygen atoms in total. The van der Waals surface area contributed by atoms with Crippen molar-refractivity contribution in [2.45, 2.75) is 0 Å². The second-order valence-electron chi connectivity index (χ2n) is 14.0. The first-order valence-electron chi connectivity index (χ1n) is 19.1. The van der Waals surface area contributed by atoms with Crippen molar-refractivity contribution in [1.82, 2.24) is 15.0 Å². The summed E-state index contributed by atoms with van der Waals surface area (Å²) < 4.78 is 1.20. The van der Waals surface area contributed by atoms with E-state index in [0.717, 1.165) is 38.3 Å². The molecular weight excluding hydrogens is 711 g/mol. The van der Waals surface area contributed by atoms with Crippen LogP contribution in [0.2, 0.25) is 0 Å². The van der Waals surface area contributed by atoms with Gasteiger partial charge in [0.2, 0.25) is 0 Å². The van der Waals surface area contributed by atoms with Crippen LogP contribution in [0.25, 0.3) is 99.2 Å². The molecule has 8 aromatic carbocycles. The van der Waals surface area contributed by atoms with Gasteiger partial charge in [-0.05, 0) is 91.4 Å². The van der Waals surface area contributed by atoms with Gasteiger partial charge in [-0.3, -0.25) is 0 Å². The van der Waals surface area contributed by atoms with Crippen molar-refractivity contribution in [3.63, 3.8) is 0 Å². The lowest BCUT2D eigenvalue weighted by atomic mass is 9.84. The van der Waals surface area contributed by atoms with Crippen LogP contribution in [0.1, 0.15) is 0 Å². The van der Waals surface area contributed by atoms with Gasteiger partial charge in [-0.2, -0.15) is 0 Å². The molecule has 10 aromatic rings. The molecule has 0 aliphatic carbocycles. The van der Waals surface area contributed by atoms with Crippen molar-refractivity contribution in [3.05, 3.63) is 212 Å². The summed E-state index contributed by atoms with van der Waals surface area (Å²) in [6.45, 7) is 0. The van der Waals surface area contributed by atoms with Crippen LogP contribution in [-0.2, 0) is 0 Å². The van der Waals surface area contributed by atoms with Crippen molar-refractivity contribution >= 4 is 21.4 Å². The molecule has 0 saturated heterocycles. The van der Waals surface area contributed by atoms with E-state index in [-0.39, 0.29) is 0 Å². The summed E-state index contributed by atoms with van der Waals surface area (Å²) in [6, 6.07) is 74.9. The largest absolute Gasteiger partial charge is 0.208 e. The van der Waals surface area contributed by atoms with Gasteiger partial charge >= 0.3 is 0 Å². The Labute approximate surface area is 336 Å². The molecular formula is C53H35N3S. The van der Waals surface area contributed by atoms with Crippen LogP contribution in [-0.4, -0.2) is 15.0 Å². The average Bonchev–Trinajstić information content (AvgIpc) is 3.75. The van der Waals surface area contributed by atoms with E-state index >= 15 is 0 Å². The fourth-order valence-electron chi connectivity index (χ4n) is 7.53. The zero-order valence-electron chi connectivity index (χ0n) is 31.0. The first-order valence-corrected chi connectivity index (χ1v) is 19.9. The highest BCUT2D eigenvalue weighted by molar-refractivity contribution is 7.22. The third kappa shape index (κ3) is 6.95. The number of thiophene rings is 1. The third-order valence-electron chi connectivity index (χ3n) is 10.4. The molecule has 268 valence electrons. The number of hydrogen-bond donors (Lipinski definition) is 0. The lowest BCUT2D eigenvalue weighted by Gasteiger charge is -2.19. The zero-order chi connectivity index (χ0) is 38.0. The molecule has 0 unspecified atom stereocenters. The summed E-state index contributed by atoms with van der Waals surface area (Å²) in [5.41, 5.74) is 13.5. The first kappa shape index (κ1) is 34.2. The van der Waals surface area contributed by atoms with E-state index in [1.165, 1.54) is 43.5 Å². The molecule has 0 spiro atoms. The summed E-state index contributed by atoms with van der Waals surface area (Å²) in [5, 5.41) is 1.18. The Hall–Kier alpha value is -7.27. The molecule has 0 radical (unpaired) electrons. The predicted octanol–water partition coefficient (Wildman–Crippen LogP) is 14.4. The van der Waals surface area contributed by atoms with Crippen LogP contribution < -0.4 is 0 Å². The minimum Gasteiger partial charge on any atom is -0.208 e. The number of aromatic nitrogens is 3. The van der Waals surface area contributed by atoms with E-state index < -0.39 is 0 Å². The number of hydrogen-bond acceptors (Lipinski definition) is 4. The highest BCUT2D eigenvalue weighted by Gasteiger charge is 2.18. The minimum atomic E-state index is 0.637. The Kier molecular flexibility index (Phi) is 9.07. The van der Waals surface area contributed by atoms with Crippen molar-refractivity contribution in [3.8, 4) is 89.1 Å². The molecule has 0 amide bonds. The third-order valence-corrected chi connectivity index (χ3v) is 11.5. The van der Waals surface area contributed by atoms with Gasteiger partial charge in [-0.15, -0.1) is 11.3 Å². The predicted molar refractivity (Wildman–Crippen MR) is 239 cm³/mol. The van der Waals surface area contributed by atoms with Crippen LogP contribution in [0.4, 0.5) is 0 Å². The van der Waals surface area contributed by atoms with Crippen molar-refractivity contribution in [2.24, 2.45) is 0 Å². The number of nitrogens with zero attached hydrogens (tertiary/aromatic N) is 3. The topological polar surface area (TPSA) is 38.7 Å². The van der Waals surface area contributed by atoms with E-state index in [0.29, 0.717) is 17.5 Å². The summed E-state index contributed by atoms with van der Waals surface area (Å²) >= 11 is 1.70. The number of rotatable bonds is 8. The monoisotopic (exact) mass is 745 g/mol. The summed E-state index contributed by atoms with van der Waals surface area (Å²) in [4.78, 5) is 16.3. The smallest absolute Gasteiger partial charge is 0.174 e. The van der Waals surface area contributed by atoms with Crippen LogP contribution in [0.5, 0.6) is 0 Å². The lowest BCUT2D eigenvalue weighted by Crippen LogP contribution is -1.99. The van der Waals surface area contributed by atoms with Crippen molar-refractivity contribution < 1.29 is 0 Å². The normalized spacial score (nSPS) is 11.2. The Balaban J connectivity index is 1.10. The molecule has 0 aliphatic rings. The first-order chi connectivity index (χ1) is 28.2. The minimum absolute atomic E-state index is 0.637. The standard InChI is InChI=1S/C53H35N3S/c1-5-16-36(17-6-1)42-25-15-26-44(32-42)52-54-51(55-53(56-52)49-35-43-24-13-14-27-48(43)57-49)41-30-28-37(29-31-41)45-33-46(38-18-7-2-8-19-38)50(40-22-11-4-12-23-40)47(34-45)39-20-9-3-10-21-39/h1-35H. The van der Waals surface area contributed by atoms with Gasteiger partial charge in [0.1, 0.15) is 0 Å². The van der Waals surface area contributed by atoms with E-state index in [1.54, 1.807) is 11.3 Å². The zero-order valence-corrected chi connectivity index (χ0v) is 31.8. The Morgan fingerprint density at radius 3 is 1.35 bits per heavy atom. The molecule has 4 heteroatoms. The van der Waals surface area contributed by atoms with Gasteiger partial charge in [0.25, 0.3) is 0 Å². The maximum Gasteiger partial charge on any atom is 0.174 e. The number of fused-ring (bicyclic) bond motifs is 1. The van der Waals surface area contributed by atoms with E-state index in [2.05, 4.69) is 206 Å². The second-order valence-corrected chi connectivity index (χ2v) is 15.1. The summed E-state index contributed by atoms with van der Waals surface area (Å²) in [7, 11) is 0. The van der Waals surface area contributed by atoms with Gasteiger partial charge < -0.3 is 0 Å². The van der Waals surface area contributed by atoms with Gasteiger partial charge in [-0.25, -0.2) is 15.0 Å². The summed E-state index contributed by atoms with van der Waals surface area (Å²) in [5.74, 6) is 1.95. The van der Waals surface area contributed by atoms with Gasteiger partial charge in [0.05, 0.1) is 4.88 Å². The van der Waals surface area contributed by atoms with Gasteiger partial charge in [0.15, 0.2) is 17.5 Å². The fourth-order valence-corrected chi connectivity index (χ4v) is 8.53. The molecule has 57 heavy (non-hydrogen) atoms. The fraction of sp³-hybridized carbons (Fsp3) is 0. The van der Waals surface area contributed by atoms with E-state index in [9.17, 15) is 0 Å². The van der Waals surface area contributed by atoms with E-state index in [1.807, 2.05) is 6.07 Å². The molecule has 0 bridgehead atoms. The Morgan fingerprint density at radius 1 is 0.281 bits per heavy atom. The molecule has 10 rings (SSSR count). The Morgan fingerprint density at radius 2 is 0.737 bits per heavy atom. The molecule has 0 N–H and O–H groups in total. The SMILES string of the molecule is c1ccc(-c2cccc(-c3nc(-c4ccc(-c5cc(-c6ccccc6)c(-c6ccccc6)c(-c6ccccc6)c5)cc4)nc(-c4cc5ccccc5s4)n3)c2)cc1. The van der Waals surface area contributed by atoms with E-state index in [4.69, 9.17) is 15.0 Å². The maximum atomic E-state index is 5.13. The van der Waals surface area contributed by atoms with Crippen molar-refractivity contribution in [2.75, 3.05) is 0 Å². The van der Waals surface area contributed by atoms with Crippen LogP contribution in [0, 0.1) is 0 Å². The summed E-state index contributed by atoms with van der Waals surface area (Å²) in [6.07, 6.45) is 0.